The molecule has 1 heteroatoms. The van der Waals surface area contributed by atoms with Crippen molar-refractivity contribution in [1.29, 1.82) is 5.26 Å². The number of hydrogen-bond acceptors (Lipinski definition) is 1. The molecule has 0 aromatic heterocycles. The molecule has 130 valence electrons. The van der Waals surface area contributed by atoms with Crippen LogP contribution in [0, 0.1) is 11.3 Å². The Kier molecular flexibility index (Phi) is 8.56. The zero-order valence-corrected chi connectivity index (χ0v) is 15.4. The van der Waals surface area contributed by atoms with Gasteiger partial charge in [0, 0.05) is 0 Å². The minimum Gasteiger partial charge on any atom is -0.192 e. The van der Waals surface area contributed by atoms with E-state index in [1.807, 2.05) is 24.3 Å². The quantitative estimate of drug-likeness (QED) is 0.339. The second-order valence-corrected chi connectivity index (χ2v) is 6.68. The van der Waals surface area contributed by atoms with E-state index in [1.165, 1.54) is 62.5 Å². The molecule has 0 radical (unpaired) electrons. The van der Waals surface area contributed by atoms with E-state index in [0.717, 1.165) is 5.56 Å². The van der Waals surface area contributed by atoms with Gasteiger partial charge < -0.3 is 0 Å². The Morgan fingerprint density at radius 2 is 1.24 bits per heavy atom. The summed E-state index contributed by atoms with van der Waals surface area (Å²) in [5, 5.41) is 8.82. The van der Waals surface area contributed by atoms with Crippen LogP contribution in [-0.4, -0.2) is 0 Å². The lowest BCUT2D eigenvalue weighted by Crippen LogP contribution is -1.86. The van der Waals surface area contributed by atoms with Crippen molar-refractivity contribution < 1.29 is 0 Å². The van der Waals surface area contributed by atoms with Gasteiger partial charge in [0.1, 0.15) is 0 Å². The number of nitrogens with zero attached hydrogens (tertiary/aromatic N) is 1. The first kappa shape index (κ1) is 19.0. The van der Waals surface area contributed by atoms with Crippen LogP contribution in [-0.2, 0) is 6.42 Å². The fourth-order valence-electron chi connectivity index (χ4n) is 2.94. The Morgan fingerprint density at radius 1 is 0.720 bits per heavy atom. The lowest BCUT2D eigenvalue weighted by molar-refractivity contribution is 0.589. The minimum absolute atomic E-state index is 0.701. The molecule has 0 amide bonds. The lowest BCUT2D eigenvalue weighted by Gasteiger charge is -2.03. The van der Waals surface area contributed by atoms with Gasteiger partial charge in [-0.2, -0.15) is 5.26 Å². The summed E-state index contributed by atoms with van der Waals surface area (Å²) in [6, 6.07) is 18.7. The Morgan fingerprint density at radius 3 is 1.80 bits per heavy atom. The molecule has 0 atom stereocenters. The zero-order valence-electron chi connectivity index (χ0n) is 15.4. The second-order valence-electron chi connectivity index (χ2n) is 6.68. The van der Waals surface area contributed by atoms with E-state index in [9.17, 15) is 0 Å². The van der Waals surface area contributed by atoms with Crippen molar-refractivity contribution in [2.24, 2.45) is 0 Å². The normalized spacial score (nSPS) is 10.9. The highest BCUT2D eigenvalue weighted by Gasteiger charge is 1.95. The van der Waals surface area contributed by atoms with Crippen LogP contribution in [0.2, 0.25) is 0 Å². The van der Waals surface area contributed by atoms with E-state index in [-0.39, 0.29) is 0 Å². The van der Waals surface area contributed by atoms with Crippen LogP contribution in [0.5, 0.6) is 0 Å². The highest BCUT2D eigenvalue weighted by Crippen LogP contribution is 2.14. The summed E-state index contributed by atoms with van der Waals surface area (Å²) >= 11 is 0. The van der Waals surface area contributed by atoms with Crippen molar-refractivity contribution in [3.8, 4) is 6.07 Å². The van der Waals surface area contributed by atoms with E-state index in [2.05, 4.69) is 49.4 Å². The molecular weight excluding hydrogens is 302 g/mol. The number of hydrogen-bond donors (Lipinski definition) is 0. The third-order valence-corrected chi connectivity index (χ3v) is 4.56. The first-order chi connectivity index (χ1) is 12.3. The molecule has 0 fully saturated rings. The molecule has 0 aliphatic rings. The van der Waals surface area contributed by atoms with Gasteiger partial charge in [-0.15, -0.1) is 0 Å². The molecule has 25 heavy (non-hydrogen) atoms. The number of benzene rings is 2. The standard InChI is InChI=1S/C24H29N/c1-2-3-4-5-6-7-8-9-21-10-12-22(13-11-21)14-15-23-16-18-24(20-25)19-17-23/h10-19H,2-9H2,1H3. The van der Waals surface area contributed by atoms with Gasteiger partial charge in [0.25, 0.3) is 0 Å². The predicted octanol–water partition coefficient (Wildman–Crippen LogP) is 7.02. The van der Waals surface area contributed by atoms with Gasteiger partial charge in [-0.25, -0.2) is 0 Å². The summed E-state index contributed by atoms with van der Waals surface area (Å²) in [4.78, 5) is 0. The van der Waals surface area contributed by atoms with E-state index in [4.69, 9.17) is 5.26 Å². The summed E-state index contributed by atoms with van der Waals surface area (Å²) in [5.41, 5.74) is 4.47. The highest BCUT2D eigenvalue weighted by atomic mass is 14.2. The first-order valence-electron chi connectivity index (χ1n) is 9.59. The van der Waals surface area contributed by atoms with Gasteiger partial charge in [-0.1, -0.05) is 94.0 Å². The molecule has 0 aliphatic carbocycles. The van der Waals surface area contributed by atoms with Crippen molar-refractivity contribution in [3.63, 3.8) is 0 Å². The number of aryl methyl sites for hydroxylation is 1. The van der Waals surface area contributed by atoms with Crippen LogP contribution in [0.15, 0.2) is 48.5 Å². The second kappa shape index (κ2) is 11.3. The molecule has 0 saturated heterocycles. The molecule has 1 nitrogen and oxygen atoms in total. The van der Waals surface area contributed by atoms with Gasteiger partial charge in [-0.05, 0) is 41.7 Å². The summed E-state index contributed by atoms with van der Waals surface area (Å²) in [6.07, 6.45) is 14.9. The van der Waals surface area contributed by atoms with Gasteiger partial charge in [-0.3, -0.25) is 0 Å². The van der Waals surface area contributed by atoms with E-state index in [0.29, 0.717) is 5.56 Å². The molecule has 2 aromatic carbocycles. The fraction of sp³-hybridized carbons (Fsp3) is 0.375. The minimum atomic E-state index is 0.701. The molecule has 2 aromatic rings. The van der Waals surface area contributed by atoms with Crippen LogP contribution in [0.3, 0.4) is 0 Å². The van der Waals surface area contributed by atoms with Crippen molar-refractivity contribution in [3.05, 3.63) is 70.8 Å². The van der Waals surface area contributed by atoms with Crippen LogP contribution >= 0.6 is 0 Å². The smallest absolute Gasteiger partial charge is 0.0991 e. The zero-order chi connectivity index (χ0) is 17.7. The van der Waals surface area contributed by atoms with E-state index >= 15 is 0 Å². The fourth-order valence-corrected chi connectivity index (χ4v) is 2.94. The third kappa shape index (κ3) is 7.40. The molecule has 0 spiro atoms. The highest BCUT2D eigenvalue weighted by molar-refractivity contribution is 5.69. The molecule has 0 heterocycles. The van der Waals surface area contributed by atoms with Gasteiger partial charge in [0.05, 0.1) is 11.6 Å². The van der Waals surface area contributed by atoms with Crippen LogP contribution in [0.25, 0.3) is 12.2 Å². The lowest BCUT2D eigenvalue weighted by atomic mass is 10.0. The molecule has 0 saturated carbocycles. The topological polar surface area (TPSA) is 23.8 Å². The Balaban J connectivity index is 1.73. The molecule has 2 rings (SSSR count). The maximum absolute atomic E-state index is 8.82. The van der Waals surface area contributed by atoms with Crippen LogP contribution in [0.1, 0.15) is 74.1 Å². The average Bonchev–Trinajstić information content (AvgIpc) is 2.67. The van der Waals surface area contributed by atoms with Crippen molar-refractivity contribution in [2.75, 3.05) is 0 Å². The SMILES string of the molecule is CCCCCCCCCc1ccc(C=Cc2ccc(C#N)cc2)cc1. The van der Waals surface area contributed by atoms with E-state index in [1.54, 1.807) is 0 Å². The third-order valence-electron chi connectivity index (χ3n) is 4.56. The van der Waals surface area contributed by atoms with Gasteiger partial charge in [0.2, 0.25) is 0 Å². The Bertz CT molecular complexity index is 672. The average molecular weight is 332 g/mol. The maximum atomic E-state index is 8.82. The number of unbranched alkanes of at least 4 members (excludes halogenated alkanes) is 6. The monoisotopic (exact) mass is 331 g/mol. The molecule has 0 aliphatic heterocycles. The number of nitriles is 1. The van der Waals surface area contributed by atoms with E-state index < -0.39 is 0 Å². The van der Waals surface area contributed by atoms with Crippen molar-refractivity contribution in [1.82, 2.24) is 0 Å². The Labute approximate surface area is 153 Å². The largest absolute Gasteiger partial charge is 0.192 e. The van der Waals surface area contributed by atoms with Crippen LogP contribution in [0.4, 0.5) is 0 Å². The van der Waals surface area contributed by atoms with Gasteiger partial charge >= 0.3 is 0 Å². The molecule has 0 unspecified atom stereocenters. The maximum Gasteiger partial charge on any atom is 0.0991 e. The molecule has 0 N–H and O–H groups in total. The van der Waals surface area contributed by atoms with Crippen molar-refractivity contribution in [2.45, 2.75) is 58.3 Å². The predicted molar refractivity (Wildman–Crippen MR) is 108 cm³/mol. The summed E-state index contributed by atoms with van der Waals surface area (Å²) in [7, 11) is 0. The summed E-state index contributed by atoms with van der Waals surface area (Å²) < 4.78 is 0. The first-order valence-corrected chi connectivity index (χ1v) is 9.59. The van der Waals surface area contributed by atoms with Crippen molar-refractivity contribution >= 4 is 12.2 Å². The van der Waals surface area contributed by atoms with Crippen LogP contribution < -0.4 is 0 Å². The summed E-state index contributed by atoms with van der Waals surface area (Å²) in [6.45, 7) is 2.27. The Hall–Kier alpha value is -2.33. The van der Waals surface area contributed by atoms with Gasteiger partial charge in [0.15, 0.2) is 0 Å². The molecule has 0 bridgehead atoms. The molecular formula is C24H29N. The number of rotatable bonds is 10. The summed E-state index contributed by atoms with van der Waals surface area (Å²) in [5.74, 6) is 0.